The maximum Gasteiger partial charge on any atom is 0.293 e. The molecule has 1 amide bonds. The molecule has 1 fully saturated rings. The average molecular weight is 404 g/mol. The van der Waals surface area contributed by atoms with Crippen LogP contribution in [0.4, 0.5) is 17.1 Å². The number of hydrogen-bond acceptors (Lipinski definition) is 4. The van der Waals surface area contributed by atoms with E-state index in [1.54, 1.807) is 18.2 Å². The fourth-order valence-electron chi connectivity index (χ4n) is 2.95. The SMILES string of the molecule is Cc1ccc(NC(=O)c2ccc(N3CCCC3)c([N+](=O)[O-])c2)c(Br)c1. The van der Waals surface area contributed by atoms with Gasteiger partial charge < -0.3 is 10.2 Å². The lowest BCUT2D eigenvalue weighted by Gasteiger charge is -2.18. The molecule has 0 radical (unpaired) electrons. The Hall–Kier alpha value is -2.41. The molecular formula is C18H18BrN3O3. The minimum Gasteiger partial charge on any atom is -0.366 e. The van der Waals surface area contributed by atoms with Gasteiger partial charge in [0.2, 0.25) is 0 Å². The first-order chi connectivity index (χ1) is 12.0. The molecule has 2 aromatic carbocycles. The number of rotatable bonds is 4. The summed E-state index contributed by atoms with van der Waals surface area (Å²) < 4.78 is 0.768. The molecule has 6 nitrogen and oxygen atoms in total. The Morgan fingerprint density at radius 1 is 1.20 bits per heavy atom. The van der Waals surface area contributed by atoms with Gasteiger partial charge in [0.05, 0.1) is 10.6 Å². The monoisotopic (exact) mass is 403 g/mol. The van der Waals surface area contributed by atoms with E-state index in [4.69, 9.17) is 0 Å². The second-order valence-electron chi connectivity index (χ2n) is 6.09. The van der Waals surface area contributed by atoms with Gasteiger partial charge in [0.25, 0.3) is 11.6 Å². The molecule has 0 aliphatic carbocycles. The van der Waals surface area contributed by atoms with Crippen LogP contribution in [0.2, 0.25) is 0 Å². The largest absolute Gasteiger partial charge is 0.366 e. The highest BCUT2D eigenvalue weighted by Gasteiger charge is 2.24. The van der Waals surface area contributed by atoms with Crippen molar-refractivity contribution in [1.29, 1.82) is 0 Å². The van der Waals surface area contributed by atoms with Crippen LogP contribution < -0.4 is 10.2 Å². The maximum atomic E-state index is 12.5. The zero-order valence-electron chi connectivity index (χ0n) is 13.8. The summed E-state index contributed by atoms with van der Waals surface area (Å²) in [6.45, 7) is 3.57. The van der Waals surface area contributed by atoms with Gasteiger partial charge in [-0.2, -0.15) is 0 Å². The number of nitrogens with zero attached hydrogens (tertiary/aromatic N) is 2. The molecule has 1 aliphatic rings. The minimum absolute atomic E-state index is 0.0301. The lowest BCUT2D eigenvalue weighted by Crippen LogP contribution is -2.20. The molecular weight excluding hydrogens is 386 g/mol. The highest BCUT2D eigenvalue weighted by Crippen LogP contribution is 2.32. The number of hydrogen-bond donors (Lipinski definition) is 1. The van der Waals surface area contributed by atoms with Crippen molar-refractivity contribution < 1.29 is 9.72 Å². The van der Waals surface area contributed by atoms with E-state index >= 15 is 0 Å². The molecule has 1 aliphatic heterocycles. The van der Waals surface area contributed by atoms with Crippen LogP contribution in [0.25, 0.3) is 0 Å². The third-order valence-corrected chi connectivity index (χ3v) is 4.91. The topological polar surface area (TPSA) is 75.5 Å². The Balaban J connectivity index is 1.87. The van der Waals surface area contributed by atoms with E-state index in [1.165, 1.54) is 6.07 Å². The number of nitrogens with one attached hydrogen (secondary N) is 1. The van der Waals surface area contributed by atoms with Gasteiger partial charge in [-0.05, 0) is 65.5 Å². The van der Waals surface area contributed by atoms with Crippen LogP contribution >= 0.6 is 15.9 Å². The maximum absolute atomic E-state index is 12.5. The van der Waals surface area contributed by atoms with Gasteiger partial charge in [-0.15, -0.1) is 0 Å². The summed E-state index contributed by atoms with van der Waals surface area (Å²) in [5.74, 6) is -0.374. The van der Waals surface area contributed by atoms with Gasteiger partial charge in [0.1, 0.15) is 5.69 Å². The van der Waals surface area contributed by atoms with Crippen LogP contribution in [0, 0.1) is 17.0 Å². The van der Waals surface area contributed by atoms with E-state index in [-0.39, 0.29) is 17.2 Å². The molecule has 1 heterocycles. The van der Waals surface area contributed by atoms with Crippen LogP contribution in [-0.2, 0) is 0 Å². The van der Waals surface area contributed by atoms with Gasteiger partial charge in [0, 0.05) is 29.2 Å². The van der Waals surface area contributed by atoms with E-state index in [2.05, 4.69) is 21.2 Å². The number of carbonyl (C=O) groups excluding carboxylic acids is 1. The quantitative estimate of drug-likeness (QED) is 0.601. The summed E-state index contributed by atoms with van der Waals surface area (Å²) in [4.78, 5) is 25.5. The van der Waals surface area contributed by atoms with Crippen molar-refractivity contribution in [2.45, 2.75) is 19.8 Å². The van der Waals surface area contributed by atoms with Gasteiger partial charge >= 0.3 is 0 Å². The van der Waals surface area contributed by atoms with E-state index in [1.807, 2.05) is 24.0 Å². The summed E-state index contributed by atoms with van der Waals surface area (Å²) in [6.07, 6.45) is 2.06. The molecule has 2 aromatic rings. The van der Waals surface area contributed by atoms with E-state index < -0.39 is 4.92 Å². The smallest absolute Gasteiger partial charge is 0.293 e. The first-order valence-electron chi connectivity index (χ1n) is 8.06. The fraction of sp³-hybridized carbons (Fsp3) is 0.278. The average Bonchev–Trinajstić information content (AvgIpc) is 3.11. The summed E-state index contributed by atoms with van der Waals surface area (Å²) in [5, 5.41) is 14.2. The number of nitro groups is 1. The molecule has 0 atom stereocenters. The number of halogens is 1. The predicted octanol–water partition coefficient (Wildman–Crippen LogP) is 4.52. The Bertz CT molecular complexity index is 832. The van der Waals surface area contributed by atoms with Gasteiger partial charge in [-0.25, -0.2) is 0 Å². The molecule has 3 rings (SSSR count). The Morgan fingerprint density at radius 2 is 1.92 bits per heavy atom. The zero-order chi connectivity index (χ0) is 18.0. The normalized spacial score (nSPS) is 13.8. The van der Waals surface area contributed by atoms with E-state index in [0.29, 0.717) is 11.4 Å². The van der Waals surface area contributed by atoms with Crippen molar-refractivity contribution in [3.8, 4) is 0 Å². The Morgan fingerprint density at radius 3 is 2.56 bits per heavy atom. The van der Waals surface area contributed by atoms with Crippen LogP contribution in [0.5, 0.6) is 0 Å². The summed E-state index contributed by atoms with van der Waals surface area (Å²) in [6, 6.07) is 10.2. The van der Waals surface area contributed by atoms with Gasteiger partial charge in [-0.3, -0.25) is 14.9 Å². The lowest BCUT2D eigenvalue weighted by atomic mass is 10.1. The van der Waals surface area contributed by atoms with Crippen molar-refractivity contribution in [2.75, 3.05) is 23.3 Å². The van der Waals surface area contributed by atoms with E-state index in [9.17, 15) is 14.9 Å². The summed E-state index contributed by atoms with van der Waals surface area (Å²) >= 11 is 3.41. The second-order valence-corrected chi connectivity index (χ2v) is 6.95. The Kier molecular flexibility index (Phi) is 5.03. The lowest BCUT2D eigenvalue weighted by molar-refractivity contribution is -0.384. The zero-order valence-corrected chi connectivity index (χ0v) is 15.4. The number of aryl methyl sites for hydroxylation is 1. The number of nitro benzene ring substituents is 1. The van der Waals surface area contributed by atoms with Gasteiger partial charge in [-0.1, -0.05) is 6.07 Å². The summed E-state index contributed by atoms with van der Waals surface area (Å²) in [7, 11) is 0. The molecule has 0 unspecified atom stereocenters. The molecule has 1 saturated heterocycles. The predicted molar refractivity (Wildman–Crippen MR) is 101 cm³/mol. The molecule has 0 saturated carbocycles. The third kappa shape index (κ3) is 3.82. The van der Waals surface area contributed by atoms with Crippen LogP contribution in [0.15, 0.2) is 40.9 Å². The Labute approximate surface area is 154 Å². The molecule has 0 spiro atoms. The molecule has 1 N–H and O–H groups in total. The highest BCUT2D eigenvalue weighted by atomic mass is 79.9. The fourth-order valence-corrected chi connectivity index (χ4v) is 3.54. The van der Waals surface area contributed by atoms with E-state index in [0.717, 1.165) is 36.0 Å². The number of anilines is 2. The van der Waals surface area contributed by atoms with Crippen LogP contribution in [0.3, 0.4) is 0 Å². The number of carbonyl (C=O) groups is 1. The number of benzene rings is 2. The van der Waals surface area contributed by atoms with Crippen molar-refractivity contribution in [3.05, 3.63) is 62.1 Å². The summed E-state index contributed by atoms with van der Waals surface area (Å²) in [5.41, 5.74) is 2.51. The highest BCUT2D eigenvalue weighted by molar-refractivity contribution is 9.10. The van der Waals surface area contributed by atoms with Gasteiger partial charge in [0.15, 0.2) is 0 Å². The second kappa shape index (κ2) is 7.23. The first-order valence-corrected chi connectivity index (χ1v) is 8.86. The van der Waals surface area contributed by atoms with Crippen molar-refractivity contribution in [3.63, 3.8) is 0 Å². The third-order valence-electron chi connectivity index (χ3n) is 4.25. The molecule has 0 bridgehead atoms. The van der Waals surface area contributed by atoms with Crippen molar-refractivity contribution in [2.24, 2.45) is 0 Å². The van der Waals surface area contributed by atoms with Crippen LogP contribution in [0.1, 0.15) is 28.8 Å². The van der Waals surface area contributed by atoms with Crippen LogP contribution in [-0.4, -0.2) is 23.9 Å². The first kappa shape index (κ1) is 17.4. The standard InChI is InChI=1S/C18H18BrN3O3/c1-12-4-6-15(14(19)10-12)20-18(23)13-5-7-16(17(11-13)22(24)25)21-8-2-3-9-21/h4-7,10-11H,2-3,8-9H2,1H3,(H,20,23). The molecule has 130 valence electrons. The van der Waals surface area contributed by atoms with Crippen molar-refractivity contribution >= 4 is 38.9 Å². The molecule has 0 aromatic heterocycles. The molecule has 7 heteroatoms. The van der Waals surface area contributed by atoms with Crippen molar-refractivity contribution in [1.82, 2.24) is 0 Å². The molecule has 25 heavy (non-hydrogen) atoms. The number of amides is 1. The minimum atomic E-state index is -0.424.